The van der Waals surface area contributed by atoms with Crippen molar-refractivity contribution in [1.29, 1.82) is 0 Å². The van der Waals surface area contributed by atoms with E-state index in [-0.39, 0.29) is 0 Å². The van der Waals surface area contributed by atoms with Crippen LogP contribution in [-0.2, 0) is 0 Å². The second-order valence-corrected chi connectivity index (χ2v) is 16.0. The lowest BCUT2D eigenvalue weighted by Gasteiger charge is -2.28. The van der Waals surface area contributed by atoms with Crippen molar-refractivity contribution in [3.05, 3.63) is 261 Å². The summed E-state index contributed by atoms with van der Waals surface area (Å²) in [7, 11) is 0. The summed E-state index contributed by atoms with van der Waals surface area (Å²) in [5.74, 6) is 0. The molecule has 0 fully saturated rings. The van der Waals surface area contributed by atoms with E-state index < -0.39 is 0 Å². The van der Waals surface area contributed by atoms with Gasteiger partial charge in [-0.25, -0.2) is 0 Å². The lowest BCUT2D eigenvalue weighted by atomic mass is 9.84. The number of benzene rings is 11. The van der Waals surface area contributed by atoms with Crippen LogP contribution in [0.15, 0.2) is 261 Å². The number of hydrogen-bond acceptors (Lipinski definition) is 1. The summed E-state index contributed by atoms with van der Waals surface area (Å²) in [5, 5.41) is 5.01. The molecule has 0 saturated heterocycles. The van der Waals surface area contributed by atoms with Gasteiger partial charge in [0.25, 0.3) is 0 Å². The maximum absolute atomic E-state index is 2.39. The summed E-state index contributed by atoms with van der Waals surface area (Å²) < 4.78 is 0. The van der Waals surface area contributed by atoms with Crippen LogP contribution in [-0.4, -0.2) is 0 Å². The molecular weight excluding hydrogens is 759 g/mol. The first-order valence-electron chi connectivity index (χ1n) is 21.7. The highest BCUT2D eigenvalue weighted by Crippen LogP contribution is 2.46. The molecule has 0 radical (unpaired) electrons. The van der Waals surface area contributed by atoms with Gasteiger partial charge in [-0.15, -0.1) is 0 Å². The minimum atomic E-state index is 1.09. The topological polar surface area (TPSA) is 3.24 Å². The average molecular weight is 802 g/mol. The lowest BCUT2D eigenvalue weighted by Crippen LogP contribution is -2.11. The van der Waals surface area contributed by atoms with E-state index in [1.54, 1.807) is 0 Å². The normalized spacial score (nSPS) is 11.2. The van der Waals surface area contributed by atoms with Gasteiger partial charge in [-0.2, -0.15) is 0 Å². The molecule has 11 aromatic carbocycles. The predicted molar refractivity (Wildman–Crippen MR) is 269 cm³/mol. The molecule has 0 unspecified atom stereocenters. The standard InChI is InChI=1S/C62H43N/c1-5-17-44(18-6-1)45-29-31-46(32-30-45)47-33-38-53(39-34-47)63(60-28-16-15-25-55(60)49-19-7-2-8-20-49)54-40-35-48(36-41-54)52-37-42-58-59(43-52)56-26-13-14-27-57(56)61(50-21-9-3-10-22-50)62(58)51-23-11-4-12-24-51/h1-43H. The van der Waals surface area contributed by atoms with Gasteiger partial charge >= 0.3 is 0 Å². The maximum atomic E-state index is 2.39. The zero-order valence-corrected chi connectivity index (χ0v) is 34.8. The van der Waals surface area contributed by atoms with E-state index in [0.29, 0.717) is 0 Å². The highest BCUT2D eigenvalue weighted by Gasteiger charge is 2.20. The summed E-state index contributed by atoms with van der Waals surface area (Å²) in [5.41, 5.74) is 17.8. The number of hydrogen-bond donors (Lipinski definition) is 0. The summed E-state index contributed by atoms with van der Waals surface area (Å²) in [6.07, 6.45) is 0. The zero-order valence-electron chi connectivity index (χ0n) is 34.8. The highest BCUT2D eigenvalue weighted by molar-refractivity contribution is 6.22. The van der Waals surface area contributed by atoms with Crippen LogP contribution in [0.3, 0.4) is 0 Å². The first-order valence-corrected chi connectivity index (χ1v) is 21.7. The third kappa shape index (κ3) is 7.26. The fraction of sp³-hybridized carbons (Fsp3) is 0. The third-order valence-electron chi connectivity index (χ3n) is 12.3. The number of rotatable bonds is 9. The number of fused-ring (bicyclic) bond motifs is 3. The van der Waals surface area contributed by atoms with Gasteiger partial charge in [0.1, 0.15) is 0 Å². The fourth-order valence-corrected chi connectivity index (χ4v) is 9.23. The predicted octanol–water partition coefficient (Wildman–Crippen LogP) is 17.5. The van der Waals surface area contributed by atoms with Gasteiger partial charge in [-0.1, -0.05) is 224 Å². The average Bonchev–Trinajstić information content (AvgIpc) is 3.37. The Kier molecular flexibility index (Phi) is 9.97. The monoisotopic (exact) mass is 801 g/mol. The molecule has 296 valence electrons. The zero-order chi connectivity index (χ0) is 42.0. The van der Waals surface area contributed by atoms with Crippen LogP contribution >= 0.6 is 0 Å². The van der Waals surface area contributed by atoms with Crippen LogP contribution in [0.25, 0.3) is 88.3 Å². The molecule has 1 heteroatoms. The van der Waals surface area contributed by atoms with Gasteiger partial charge in [0.15, 0.2) is 0 Å². The molecule has 0 amide bonds. The lowest BCUT2D eigenvalue weighted by molar-refractivity contribution is 1.28. The summed E-state index contributed by atoms with van der Waals surface area (Å²) in [6, 6.07) is 94.5. The molecule has 1 nitrogen and oxygen atoms in total. The molecule has 63 heavy (non-hydrogen) atoms. The van der Waals surface area contributed by atoms with Gasteiger partial charge in [-0.3, -0.25) is 0 Å². The molecular formula is C62H43N. The second-order valence-electron chi connectivity index (χ2n) is 16.0. The molecule has 0 aliphatic rings. The number of anilines is 3. The summed E-state index contributed by atoms with van der Waals surface area (Å²) in [6.45, 7) is 0. The van der Waals surface area contributed by atoms with E-state index in [9.17, 15) is 0 Å². The number of para-hydroxylation sites is 1. The number of nitrogens with zero attached hydrogens (tertiary/aromatic N) is 1. The van der Waals surface area contributed by atoms with Gasteiger partial charge in [0, 0.05) is 16.9 Å². The Balaban J connectivity index is 1.01. The summed E-state index contributed by atoms with van der Waals surface area (Å²) in [4.78, 5) is 2.39. The Morgan fingerprint density at radius 3 is 1.08 bits per heavy atom. The van der Waals surface area contributed by atoms with E-state index in [0.717, 1.165) is 17.1 Å². The highest BCUT2D eigenvalue weighted by atomic mass is 15.1. The van der Waals surface area contributed by atoms with Crippen molar-refractivity contribution >= 4 is 38.6 Å². The van der Waals surface area contributed by atoms with Crippen LogP contribution in [0.4, 0.5) is 17.1 Å². The van der Waals surface area contributed by atoms with Crippen molar-refractivity contribution in [2.24, 2.45) is 0 Å². The van der Waals surface area contributed by atoms with Crippen molar-refractivity contribution in [3.8, 4) is 66.8 Å². The van der Waals surface area contributed by atoms with E-state index >= 15 is 0 Å². The van der Waals surface area contributed by atoms with Crippen molar-refractivity contribution in [1.82, 2.24) is 0 Å². The smallest absolute Gasteiger partial charge is 0.0540 e. The van der Waals surface area contributed by atoms with Gasteiger partial charge in [-0.05, 0) is 119 Å². The largest absolute Gasteiger partial charge is 0.310 e. The van der Waals surface area contributed by atoms with Crippen LogP contribution in [0.1, 0.15) is 0 Å². The van der Waals surface area contributed by atoms with Crippen molar-refractivity contribution in [3.63, 3.8) is 0 Å². The van der Waals surface area contributed by atoms with E-state index in [2.05, 4.69) is 266 Å². The summed E-state index contributed by atoms with van der Waals surface area (Å²) >= 11 is 0. The molecule has 0 atom stereocenters. The Bertz CT molecular complexity index is 3320. The molecule has 0 heterocycles. The minimum absolute atomic E-state index is 1.09. The molecule has 0 N–H and O–H groups in total. The first kappa shape index (κ1) is 37.7. The molecule has 0 aromatic heterocycles. The first-order chi connectivity index (χ1) is 31.3. The molecule has 11 aromatic rings. The molecule has 11 rings (SSSR count). The van der Waals surface area contributed by atoms with Gasteiger partial charge in [0.2, 0.25) is 0 Å². The molecule has 0 saturated carbocycles. The Morgan fingerprint density at radius 2 is 0.556 bits per heavy atom. The second kappa shape index (κ2) is 16.7. The van der Waals surface area contributed by atoms with Crippen LogP contribution < -0.4 is 4.90 Å². The Morgan fingerprint density at radius 1 is 0.206 bits per heavy atom. The van der Waals surface area contributed by atoms with Crippen LogP contribution in [0.5, 0.6) is 0 Å². The third-order valence-corrected chi connectivity index (χ3v) is 12.3. The van der Waals surface area contributed by atoms with Crippen molar-refractivity contribution in [2.75, 3.05) is 4.90 Å². The maximum Gasteiger partial charge on any atom is 0.0540 e. The van der Waals surface area contributed by atoms with Crippen LogP contribution in [0.2, 0.25) is 0 Å². The van der Waals surface area contributed by atoms with Gasteiger partial charge in [0.05, 0.1) is 5.69 Å². The van der Waals surface area contributed by atoms with E-state index in [1.165, 1.54) is 88.3 Å². The Labute approximate surface area is 369 Å². The quantitative estimate of drug-likeness (QED) is 0.131. The van der Waals surface area contributed by atoms with Gasteiger partial charge < -0.3 is 4.90 Å². The van der Waals surface area contributed by atoms with E-state index in [1.807, 2.05) is 0 Å². The minimum Gasteiger partial charge on any atom is -0.310 e. The van der Waals surface area contributed by atoms with Crippen molar-refractivity contribution in [2.45, 2.75) is 0 Å². The van der Waals surface area contributed by atoms with E-state index in [4.69, 9.17) is 0 Å². The molecule has 0 spiro atoms. The SMILES string of the molecule is c1ccc(-c2ccc(-c3ccc(N(c4ccc(-c5ccc6c(-c7ccccc7)c(-c7ccccc7)c7ccccc7c6c5)cc4)c4ccccc4-c4ccccc4)cc3)cc2)cc1. The molecule has 0 aliphatic heterocycles. The Hall–Kier alpha value is -8.26. The fourth-order valence-electron chi connectivity index (χ4n) is 9.23. The molecule has 0 bridgehead atoms. The molecule has 0 aliphatic carbocycles. The van der Waals surface area contributed by atoms with Crippen molar-refractivity contribution < 1.29 is 0 Å². The van der Waals surface area contributed by atoms with Crippen LogP contribution in [0, 0.1) is 0 Å².